The quantitative estimate of drug-likeness (QED) is 0.738. The van der Waals surface area contributed by atoms with Crippen LogP contribution in [0, 0.1) is 0 Å². The lowest BCUT2D eigenvalue weighted by Crippen LogP contribution is -3.19. The number of rotatable bonds is 3. The molecule has 0 aliphatic carbocycles. The smallest absolute Gasteiger partial charge is 0.346 e. The monoisotopic (exact) mass is 316 g/mol. The predicted octanol–water partition coefficient (Wildman–Crippen LogP) is 0.0471. The molecule has 1 saturated heterocycles. The van der Waals surface area contributed by atoms with Crippen LogP contribution >= 0.6 is 0 Å². The highest BCUT2D eigenvalue weighted by Crippen LogP contribution is 2.29. The van der Waals surface area contributed by atoms with E-state index in [0.29, 0.717) is 18.8 Å². The van der Waals surface area contributed by atoms with Crippen molar-refractivity contribution in [1.82, 2.24) is 5.32 Å². The molecule has 0 radical (unpaired) electrons. The molecule has 1 aliphatic heterocycles. The number of halogens is 3. The van der Waals surface area contributed by atoms with Gasteiger partial charge < -0.3 is 15.5 Å². The maximum absolute atomic E-state index is 12.5. The second-order valence-electron chi connectivity index (χ2n) is 5.22. The fourth-order valence-corrected chi connectivity index (χ4v) is 2.27. The zero-order valence-electron chi connectivity index (χ0n) is 12.0. The Morgan fingerprint density at radius 3 is 2.50 bits per heavy atom. The molecule has 0 bridgehead atoms. The standard InChI is InChI=1S/C14H16F3N3O2/c1-9(20-7-6-18-12(21)8-20)13(22)19-11-4-2-10(3-5-11)14(15,16)17/h2-5,9H,6-8H2,1H3,(H,18,21)(H,19,22)/p+1/t9-/m1/s1. The van der Waals surface area contributed by atoms with Crippen LogP contribution in [0.25, 0.3) is 0 Å². The van der Waals surface area contributed by atoms with E-state index in [1.54, 1.807) is 6.92 Å². The molecule has 1 aliphatic rings. The fourth-order valence-electron chi connectivity index (χ4n) is 2.27. The number of carbonyl (C=O) groups excluding carboxylic acids is 2. The maximum atomic E-state index is 12.5. The Balaban J connectivity index is 1.97. The summed E-state index contributed by atoms with van der Waals surface area (Å²) in [5.41, 5.74) is -0.470. The van der Waals surface area contributed by atoms with Gasteiger partial charge in [-0.15, -0.1) is 0 Å². The van der Waals surface area contributed by atoms with Crippen molar-refractivity contribution in [1.29, 1.82) is 0 Å². The number of hydrogen-bond donors (Lipinski definition) is 3. The van der Waals surface area contributed by atoms with Gasteiger partial charge in [0.2, 0.25) is 0 Å². The van der Waals surface area contributed by atoms with Crippen molar-refractivity contribution in [3.63, 3.8) is 0 Å². The van der Waals surface area contributed by atoms with Gasteiger partial charge in [0.05, 0.1) is 18.7 Å². The molecule has 120 valence electrons. The summed E-state index contributed by atoms with van der Waals surface area (Å²) in [5.74, 6) is -0.445. The van der Waals surface area contributed by atoms with E-state index in [-0.39, 0.29) is 18.4 Å². The summed E-state index contributed by atoms with van der Waals surface area (Å²) in [6, 6.07) is 3.80. The number of amides is 2. The minimum absolute atomic E-state index is 0.115. The van der Waals surface area contributed by atoms with Gasteiger partial charge in [0.1, 0.15) is 0 Å². The SMILES string of the molecule is C[C@H](C(=O)Nc1ccc(C(F)(F)F)cc1)[NH+]1CCNC(=O)C1. The summed E-state index contributed by atoms with van der Waals surface area (Å²) in [4.78, 5) is 24.3. The number of alkyl halides is 3. The normalized spacial score (nSPS) is 20.2. The second-order valence-corrected chi connectivity index (χ2v) is 5.22. The van der Waals surface area contributed by atoms with Crippen molar-refractivity contribution >= 4 is 17.5 Å². The summed E-state index contributed by atoms with van der Waals surface area (Å²) in [6.45, 7) is 3.04. The minimum atomic E-state index is -4.40. The first-order valence-electron chi connectivity index (χ1n) is 6.87. The van der Waals surface area contributed by atoms with Gasteiger partial charge in [-0.05, 0) is 31.2 Å². The van der Waals surface area contributed by atoms with E-state index in [9.17, 15) is 22.8 Å². The number of quaternary nitrogens is 1. The van der Waals surface area contributed by atoms with E-state index in [4.69, 9.17) is 0 Å². The summed E-state index contributed by atoms with van der Waals surface area (Å²) < 4.78 is 37.4. The first-order valence-corrected chi connectivity index (χ1v) is 6.87. The zero-order chi connectivity index (χ0) is 16.3. The molecule has 1 aromatic carbocycles. The van der Waals surface area contributed by atoms with Gasteiger partial charge in [-0.1, -0.05) is 0 Å². The summed E-state index contributed by atoms with van der Waals surface area (Å²) >= 11 is 0. The highest BCUT2D eigenvalue weighted by atomic mass is 19.4. The van der Waals surface area contributed by atoms with Crippen molar-refractivity contribution in [2.24, 2.45) is 0 Å². The Morgan fingerprint density at radius 1 is 1.32 bits per heavy atom. The molecule has 22 heavy (non-hydrogen) atoms. The Bertz CT molecular complexity index is 557. The average Bonchev–Trinajstić information content (AvgIpc) is 2.46. The van der Waals surface area contributed by atoms with Gasteiger partial charge in [-0.3, -0.25) is 9.59 Å². The van der Waals surface area contributed by atoms with Crippen molar-refractivity contribution in [2.75, 3.05) is 25.0 Å². The lowest BCUT2D eigenvalue weighted by Gasteiger charge is -2.28. The molecule has 2 rings (SSSR count). The molecule has 5 nitrogen and oxygen atoms in total. The Labute approximate surface area is 125 Å². The van der Waals surface area contributed by atoms with Crippen molar-refractivity contribution in [3.8, 4) is 0 Å². The Hall–Kier alpha value is -2.09. The van der Waals surface area contributed by atoms with E-state index in [1.807, 2.05) is 0 Å². The Morgan fingerprint density at radius 2 is 1.95 bits per heavy atom. The first kappa shape index (κ1) is 16.3. The van der Waals surface area contributed by atoms with E-state index >= 15 is 0 Å². The highest BCUT2D eigenvalue weighted by molar-refractivity contribution is 5.93. The van der Waals surface area contributed by atoms with E-state index in [0.717, 1.165) is 17.0 Å². The van der Waals surface area contributed by atoms with Crippen LogP contribution < -0.4 is 15.5 Å². The average molecular weight is 316 g/mol. The van der Waals surface area contributed by atoms with Gasteiger partial charge >= 0.3 is 6.18 Å². The molecule has 0 spiro atoms. The third-order valence-electron chi connectivity index (χ3n) is 3.64. The van der Waals surface area contributed by atoms with Gasteiger partial charge in [-0.25, -0.2) is 0 Å². The lowest BCUT2D eigenvalue weighted by atomic mass is 10.2. The molecule has 1 aromatic rings. The third-order valence-corrected chi connectivity index (χ3v) is 3.64. The molecule has 0 aromatic heterocycles. The fraction of sp³-hybridized carbons (Fsp3) is 0.429. The van der Waals surface area contributed by atoms with Gasteiger partial charge in [0.15, 0.2) is 12.6 Å². The molecule has 8 heteroatoms. The maximum Gasteiger partial charge on any atom is 0.416 e. The predicted molar refractivity (Wildman–Crippen MR) is 73.2 cm³/mol. The van der Waals surface area contributed by atoms with Crippen LogP contribution in [0.4, 0.5) is 18.9 Å². The number of nitrogens with one attached hydrogen (secondary N) is 3. The lowest BCUT2D eigenvalue weighted by molar-refractivity contribution is -0.907. The summed E-state index contributed by atoms with van der Waals surface area (Å²) in [6.07, 6.45) is -4.40. The van der Waals surface area contributed by atoms with Crippen LogP contribution in [0.2, 0.25) is 0 Å². The number of hydrogen-bond acceptors (Lipinski definition) is 2. The molecular formula is C14H17F3N3O2+. The minimum Gasteiger partial charge on any atom is -0.346 e. The summed E-state index contributed by atoms with van der Waals surface area (Å²) in [5, 5.41) is 5.25. The Kier molecular flexibility index (Phi) is 4.70. The van der Waals surface area contributed by atoms with Crippen LogP contribution in [0.3, 0.4) is 0 Å². The van der Waals surface area contributed by atoms with Gasteiger partial charge in [0.25, 0.3) is 11.8 Å². The van der Waals surface area contributed by atoms with Crippen LogP contribution in [0.15, 0.2) is 24.3 Å². The van der Waals surface area contributed by atoms with Crippen molar-refractivity contribution in [3.05, 3.63) is 29.8 Å². The molecule has 3 N–H and O–H groups in total. The van der Waals surface area contributed by atoms with E-state index in [2.05, 4.69) is 10.6 Å². The summed E-state index contributed by atoms with van der Waals surface area (Å²) in [7, 11) is 0. The van der Waals surface area contributed by atoms with Crippen LogP contribution in [0.5, 0.6) is 0 Å². The molecule has 1 heterocycles. The molecule has 1 unspecified atom stereocenters. The van der Waals surface area contributed by atoms with Crippen LogP contribution in [0.1, 0.15) is 12.5 Å². The molecule has 1 fully saturated rings. The largest absolute Gasteiger partial charge is 0.416 e. The number of benzene rings is 1. The highest BCUT2D eigenvalue weighted by Gasteiger charge is 2.31. The molecule has 0 saturated carbocycles. The van der Waals surface area contributed by atoms with Gasteiger partial charge in [0, 0.05) is 5.69 Å². The van der Waals surface area contributed by atoms with E-state index < -0.39 is 17.8 Å². The molecule has 2 amide bonds. The van der Waals surface area contributed by atoms with Gasteiger partial charge in [-0.2, -0.15) is 13.2 Å². The third kappa shape index (κ3) is 3.97. The number of carbonyl (C=O) groups is 2. The molecule has 2 atom stereocenters. The van der Waals surface area contributed by atoms with Crippen LogP contribution in [-0.2, 0) is 15.8 Å². The second kappa shape index (κ2) is 6.35. The van der Waals surface area contributed by atoms with Crippen molar-refractivity contribution in [2.45, 2.75) is 19.1 Å². The first-order chi connectivity index (χ1) is 10.3. The van der Waals surface area contributed by atoms with Crippen molar-refractivity contribution < 1.29 is 27.7 Å². The molecular weight excluding hydrogens is 299 g/mol. The topological polar surface area (TPSA) is 62.6 Å². The van der Waals surface area contributed by atoms with E-state index in [1.165, 1.54) is 12.1 Å². The zero-order valence-corrected chi connectivity index (χ0v) is 12.0. The number of anilines is 1. The number of piperazine rings is 1. The van der Waals surface area contributed by atoms with Crippen LogP contribution in [-0.4, -0.2) is 37.5 Å².